The van der Waals surface area contributed by atoms with Gasteiger partial charge in [-0.15, -0.1) is 16.8 Å². The van der Waals surface area contributed by atoms with Gasteiger partial charge in [-0.3, -0.25) is 14.2 Å². The van der Waals surface area contributed by atoms with E-state index in [1.54, 1.807) is 47.4 Å². The van der Waals surface area contributed by atoms with Gasteiger partial charge in [0.2, 0.25) is 5.91 Å². The fraction of sp³-hybridized carbons (Fsp3) is 0.250. The molecule has 0 aliphatic heterocycles. The minimum Gasteiger partial charge on any atom is -0.339 e. The third-order valence-corrected chi connectivity index (χ3v) is 6.13. The molecule has 0 fully saturated rings. The average molecular weight is 484 g/mol. The minimum absolute atomic E-state index is 0.0577. The lowest BCUT2D eigenvalue weighted by Crippen LogP contribution is -2.30. The van der Waals surface area contributed by atoms with E-state index in [4.69, 9.17) is 11.6 Å². The molecule has 3 aromatic rings. The van der Waals surface area contributed by atoms with Crippen LogP contribution in [0.1, 0.15) is 24.2 Å². The molecular formula is C24H26ClN5O2S. The predicted molar refractivity (Wildman–Crippen MR) is 134 cm³/mol. The van der Waals surface area contributed by atoms with Gasteiger partial charge in [-0.25, -0.2) is 0 Å². The number of carbonyl (C=O) groups excluding carboxylic acids is 2. The van der Waals surface area contributed by atoms with E-state index in [0.717, 1.165) is 5.56 Å². The number of carbonyl (C=O) groups is 2. The van der Waals surface area contributed by atoms with Gasteiger partial charge in [0.05, 0.1) is 5.75 Å². The number of allylic oxidation sites excluding steroid dienone is 1. The highest BCUT2D eigenvalue weighted by Crippen LogP contribution is 2.25. The molecular weight excluding hydrogens is 458 g/mol. The van der Waals surface area contributed by atoms with Crippen molar-refractivity contribution < 1.29 is 9.59 Å². The Hall–Kier alpha value is -3.10. The fourth-order valence-electron chi connectivity index (χ4n) is 3.25. The average Bonchev–Trinajstić information content (AvgIpc) is 3.22. The van der Waals surface area contributed by atoms with E-state index in [9.17, 15) is 9.59 Å². The largest absolute Gasteiger partial charge is 0.339 e. The standard InChI is InChI=1S/C24H26ClN5O2S/c1-4-14-30-22(17-10-12-19(25)13-11-17)27-28-24(30)33-16-21(31)26-20-9-7-8-18(15-20)23(32)29(5-2)6-3/h4,7-13,15H,1,5-6,14,16H2,2-3H3,(H,26,31). The molecule has 2 amide bonds. The molecule has 1 N–H and O–H groups in total. The number of rotatable bonds is 10. The number of halogens is 1. The second-order valence-corrected chi connectivity index (χ2v) is 8.49. The SMILES string of the molecule is C=CCn1c(SCC(=O)Nc2cccc(C(=O)N(CC)CC)c2)nnc1-c1ccc(Cl)cc1. The Kier molecular flexibility index (Phi) is 8.68. The topological polar surface area (TPSA) is 80.1 Å². The van der Waals surface area contributed by atoms with Gasteiger partial charge in [0.15, 0.2) is 11.0 Å². The minimum atomic E-state index is -0.200. The van der Waals surface area contributed by atoms with Crippen LogP contribution in [0.3, 0.4) is 0 Å². The van der Waals surface area contributed by atoms with Crippen LogP contribution in [0.5, 0.6) is 0 Å². The van der Waals surface area contributed by atoms with Crippen molar-refractivity contribution in [2.24, 2.45) is 0 Å². The summed E-state index contributed by atoms with van der Waals surface area (Å²) in [6.07, 6.45) is 1.76. The van der Waals surface area contributed by atoms with Crippen molar-refractivity contribution in [3.8, 4) is 11.4 Å². The van der Waals surface area contributed by atoms with Gasteiger partial charge < -0.3 is 10.2 Å². The summed E-state index contributed by atoms with van der Waals surface area (Å²) in [6.45, 7) is 9.45. The molecule has 0 saturated carbocycles. The van der Waals surface area contributed by atoms with Gasteiger partial charge >= 0.3 is 0 Å². The Morgan fingerprint density at radius 3 is 2.55 bits per heavy atom. The van der Waals surface area contributed by atoms with Crippen LogP contribution >= 0.6 is 23.4 Å². The molecule has 7 nitrogen and oxygen atoms in total. The lowest BCUT2D eigenvalue weighted by atomic mass is 10.1. The Balaban J connectivity index is 1.68. The molecule has 2 aromatic carbocycles. The maximum Gasteiger partial charge on any atom is 0.253 e. The molecule has 0 radical (unpaired) electrons. The van der Waals surface area contributed by atoms with Gasteiger partial charge in [-0.1, -0.05) is 35.5 Å². The van der Waals surface area contributed by atoms with Crippen LogP contribution < -0.4 is 5.32 Å². The third kappa shape index (κ3) is 6.24. The molecule has 1 aromatic heterocycles. The molecule has 0 aliphatic carbocycles. The van der Waals surface area contributed by atoms with Crippen molar-refractivity contribution in [3.05, 3.63) is 71.8 Å². The molecule has 0 unspecified atom stereocenters. The molecule has 1 heterocycles. The third-order valence-electron chi connectivity index (χ3n) is 4.91. The van der Waals surface area contributed by atoms with Crippen LogP contribution in [0.15, 0.2) is 66.3 Å². The number of nitrogens with zero attached hydrogens (tertiary/aromatic N) is 4. The molecule has 0 bridgehead atoms. The van der Waals surface area contributed by atoms with Crippen molar-refractivity contribution in [1.29, 1.82) is 0 Å². The van der Waals surface area contributed by atoms with E-state index in [1.165, 1.54) is 11.8 Å². The second kappa shape index (κ2) is 11.7. The smallest absolute Gasteiger partial charge is 0.253 e. The molecule has 0 aliphatic rings. The Labute approximate surface area is 202 Å². The summed E-state index contributed by atoms with van der Waals surface area (Å²) in [7, 11) is 0. The monoisotopic (exact) mass is 483 g/mol. The number of hydrogen-bond donors (Lipinski definition) is 1. The van der Waals surface area contributed by atoms with Crippen molar-refractivity contribution in [1.82, 2.24) is 19.7 Å². The highest BCUT2D eigenvalue weighted by molar-refractivity contribution is 7.99. The molecule has 3 rings (SSSR count). The second-order valence-electron chi connectivity index (χ2n) is 7.11. The van der Waals surface area contributed by atoms with Crippen molar-refractivity contribution >= 4 is 40.9 Å². The molecule has 0 atom stereocenters. The summed E-state index contributed by atoms with van der Waals surface area (Å²) in [5.74, 6) is 0.563. The van der Waals surface area contributed by atoms with Gasteiger partial charge in [0.1, 0.15) is 0 Å². The zero-order valence-corrected chi connectivity index (χ0v) is 20.2. The Morgan fingerprint density at radius 2 is 1.88 bits per heavy atom. The first kappa shape index (κ1) is 24.5. The van der Waals surface area contributed by atoms with E-state index >= 15 is 0 Å². The quantitative estimate of drug-likeness (QED) is 0.324. The van der Waals surface area contributed by atoms with Gasteiger partial charge in [-0.2, -0.15) is 0 Å². The van der Waals surface area contributed by atoms with Crippen LogP contribution in [-0.4, -0.2) is 50.3 Å². The predicted octanol–water partition coefficient (Wildman–Crippen LogP) is 5.00. The van der Waals surface area contributed by atoms with Crippen molar-refractivity contribution in [2.45, 2.75) is 25.5 Å². The molecule has 33 heavy (non-hydrogen) atoms. The van der Waals surface area contributed by atoms with Crippen LogP contribution in [-0.2, 0) is 11.3 Å². The zero-order valence-electron chi connectivity index (χ0n) is 18.6. The van der Waals surface area contributed by atoms with E-state index in [2.05, 4.69) is 22.1 Å². The first-order chi connectivity index (χ1) is 16.0. The van der Waals surface area contributed by atoms with Crippen molar-refractivity contribution in [3.63, 3.8) is 0 Å². The summed E-state index contributed by atoms with van der Waals surface area (Å²) in [5.41, 5.74) is 2.00. The summed E-state index contributed by atoms with van der Waals surface area (Å²) < 4.78 is 1.90. The number of nitrogens with one attached hydrogen (secondary N) is 1. The number of aromatic nitrogens is 3. The summed E-state index contributed by atoms with van der Waals surface area (Å²) >= 11 is 7.27. The molecule has 172 valence electrons. The van der Waals surface area contributed by atoms with E-state index in [1.807, 2.05) is 30.5 Å². The molecule has 9 heteroatoms. The number of benzene rings is 2. The summed E-state index contributed by atoms with van der Waals surface area (Å²) in [5, 5.41) is 12.6. The Bertz CT molecular complexity index is 1130. The van der Waals surface area contributed by atoms with E-state index < -0.39 is 0 Å². The van der Waals surface area contributed by atoms with Crippen LogP contribution in [0.2, 0.25) is 5.02 Å². The first-order valence-corrected chi connectivity index (χ1v) is 11.9. The van der Waals surface area contributed by atoms with E-state index in [-0.39, 0.29) is 17.6 Å². The molecule has 0 spiro atoms. The highest BCUT2D eigenvalue weighted by Gasteiger charge is 2.16. The number of hydrogen-bond acceptors (Lipinski definition) is 5. The molecule has 0 saturated heterocycles. The van der Waals surface area contributed by atoms with Crippen LogP contribution in [0.25, 0.3) is 11.4 Å². The lowest BCUT2D eigenvalue weighted by Gasteiger charge is -2.19. The lowest BCUT2D eigenvalue weighted by molar-refractivity contribution is -0.113. The van der Waals surface area contributed by atoms with Gasteiger partial charge in [0, 0.05) is 41.5 Å². The number of thioether (sulfide) groups is 1. The fourth-order valence-corrected chi connectivity index (χ4v) is 4.13. The number of amides is 2. The maximum absolute atomic E-state index is 12.6. The first-order valence-electron chi connectivity index (χ1n) is 10.6. The van der Waals surface area contributed by atoms with Gasteiger partial charge in [-0.05, 0) is 56.3 Å². The Morgan fingerprint density at radius 1 is 1.15 bits per heavy atom. The van der Waals surface area contributed by atoms with Gasteiger partial charge in [0.25, 0.3) is 5.91 Å². The number of anilines is 1. The zero-order chi connectivity index (χ0) is 23.8. The highest BCUT2D eigenvalue weighted by atomic mass is 35.5. The summed E-state index contributed by atoms with van der Waals surface area (Å²) in [4.78, 5) is 26.9. The van der Waals surface area contributed by atoms with Crippen molar-refractivity contribution in [2.75, 3.05) is 24.2 Å². The van der Waals surface area contributed by atoms with Crippen LogP contribution in [0, 0.1) is 0 Å². The van der Waals surface area contributed by atoms with Crippen LogP contribution in [0.4, 0.5) is 5.69 Å². The summed E-state index contributed by atoms with van der Waals surface area (Å²) in [6, 6.07) is 14.3. The van der Waals surface area contributed by atoms with E-state index in [0.29, 0.717) is 46.9 Å². The maximum atomic E-state index is 12.6. The normalized spacial score (nSPS) is 10.6.